The summed E-state index contributed by atoms with van der Waals surface area (Å²) in [6.45, 7) is 4.71. The molecule has 0 aliphatic carbocycles. The molecule has 0 aliphatic heterocycles. The molecular weight excluding hydrogens is 354 g/mol. The Morgan fingerprint density at radius 2 is 0.926 bits per heavy atom. The van der Waals surface area contributed by atoms with Crippen LogP contribution in [0, 0.1) is 0 Å². The van der Waals surface area contributed by atoms with E-state index in [4.69, 9.17) is 13.3 Å². The lowest BCUT2D eigenvalue weighted by Gasteiger charge is -2.31. The van der Waals surface area contributed by atoms with Crippen LogP contribution >= 0.6 is 0 Å². The van der Waals surface area contributed by atoms with Crippen molar-refractivity contribution in [2.75, 3.05) is 48.5 Å². The third-order valence-electron chi connectivity index (χ3n) is 5.80. The normalized spacial score (nSPS) is 12.7. The smallest absolute Gasteiger partial charge is 0.377 e. The standard InChI is InChI=1S/C22H50NO3Si/c1-7-8-9-10-11-12-13-14-15-16-17-18-20-23(2,3)21-19-22-27(24-4,25-5)26-6/h7-22H2,1-6H3/q+1. The first-order valence-electron chi connectivity index (χ1n) is 11.4. The van der Waals surface area contributed by atoms with Crippen molar-refractivity contribution in [1.29, 1.82) is 0 Å². The van der Waals surface area contributed by atoms with Gasteiger partial charge in [0.25, 0.3) is 0 Å². The maximum absolute atomic E-state index is 5.52. The maximum atomic E-state index is 5.52. The zero-order chi connectivity index (χ0) is 20.4. The molecule has 0 atom stereocenters. The summed E-state index contributed by atoms with van der Waals surface area (Å²) in [5, 5.41) is 0. The van der Waals surface area contributed by atoms with Gasteiger partial charge in [0, 0.05) is 33.8 Å². The molecule has 0 aliphatic rings. The third-order valence-corrected chi connectivity index (χ3v) is 8.63. The van der Waals surface area contributed by atoms with E-state index in [1.807, 2.05) is 0 Å². The Morgan fingerprint density at radius 3 is 1.33 bits per heavy atom. The summed E-state index contributed by atoms with van der Waals surface area (Å²) in [6.07, 6.45) is 18.1. The quantitative estimate of drug-likeness (QED) is 0.141. The van der Waals surface area contributed by atoms with E-state index in [0.29, 0.717) is 0 Å². The highest BCUT2D eigenvalue weighted by Crippen LogP contribution is 2.17. The Kier molecular flexibility index (Phi) is 17.0. The molecule has 0 heterocycles. The minimum atomic E-state index is -2.40. The Bertz CT molecular complexity index is 314. The summed E-state index contributed by atoms with van der Waals surface area (Å²) in [5.74, 6) is 0. The van der Waals surface area contributed by atoms with Gasteiger partial charge in [-0.3, -0.25) is 0 Å². The average Bonchev–Trinajstić information content (AvgIpc) is 2.66. The molecule has 5 heteroatoms. The molecule has 4 nitrogen and oxygen atoms in total. The van der Waals surface area contributed by atoms with Gasteiger partial charge >= 0.3 is 8.80 Å². The van der Waals surface area contributed by atoms with Gasteiger partial charge in [0.1, 0.15) is 0 Å². The molecule has 0 aromatic heterocycles. The highest BCUT2D eigenvalue weighted by Gasteiger charge is 2.37. The van der Waals surface area contributed by atoms with E-state index in [1.165, 1.54) is 83.6 Å². The summed E-state index contributed by atoms with van der Waals surface area (Å²) in [6, 6.07) is 0.899. The molecule has 0 saturated heterocycles. The molecule has 0 aromatic rings. The Labute approximate surface area is 171 Å². The summed E-state index contributed by atoms with van der Waals surface area (Å²) >= 11 is 0. The molecule has 0 saturated carbocycles. The average molecular weight is 405 g/mol. The highest BCUT2D eigenvalue weighted by atomic mass is 28.4. The summed E-state index contributed by atoms with van der Waals surface area (Å²) in [5.41, 5.74) is 0. The number of nitrogens with zero attached hydrogens (tertiary/aromatic N) is 1. The van der Waals surface area contributed by atoms with Gasteiger partial charge in [0.2, 0.25) is 0 Å². The zero-order valence-electron chi connectivity index (χ0n) is 19.5. The van der Waals surface area contributed by atoms with E-state index >= 15 is 0 Å². The van der Waals surface area contributed by atoms with E-state index in [-0.39, 0.29) is 0 Å². The Morgan fingerprint density at radius 1 is 0.556 bits per heavy atom. The summed E-state index contributed by atoms with van der Waals surface area (Å²) in [4.78, 5) is 0. The monoisotopic (exact) mass is 404 g/mol. The van der Waals surface area contributed by atoms with Crippen molar-refractivity contribution in [2.45, 2.75) is 96.4 Å². The number of rotatable bonds is 20. The first-order chi connectivity index (χ1) is 12.9. The van der Waals surface area contributed by atoms with Crippen LogP contribution in [0.2, 0.25) is 6.04 Å². The van der Waals surface area contributed by atoms with Crippen LogP contribution in [0.5, 0.6) is 0 Å². The predicted molar refractivity (Wildman–Crippen MR) is 119 cm³/mol. The lowest BCUT2D eigenvalue weighted by atomic mass is 10.1. The molecule has 164 valence electrons. The maximum Gasteiger partial charge on any atom is 0.500 e. The van der Waals surface area contributed by atoms with Crippen molar-refractivity contribution >= 4 is 8.80 Å². The fourth-order valence-electron chi connectivity index (χ4n) is 3.77. The van der Waals surface area contributed by atoms with Crippen molar-refractivity contribution < 1.29 is 17.8 Å². The van der Waals surface area contributed by atoms with Gasteiger partial charge in [0.05, 0.1) is 27.2 Å². The van der Waals surface area contributed by atoms with Gasteiger partial charge < -0.3 is 17.8 Å². The van der Waals surface area contributed by atoms with E-state index < -0.39 is 8.80 Å². The molecule has 0 unspecified atom stereocenters. The van der Waals surface area contributed by atoms with Crippen molar-refractivity contribution in [3.63, 3.8) is 0 Å². The van der Waals surface area contributed by atoms with Crippen LogP contribution in [0.1, 0.15) is 90.4 Å². The SMILES string of the molecule is CCCCCCCCCCCCCC[N+](C)(C)CCC[Si](OC)(OC)OC. The largest absolute Gasteiger partial charge is 0.500 e. The fraction of sp³-hybridized carbons (Fsp3) is 1.00. The van der Waals surface area contributed by atoms with Gasteiger partial charge in [0.15, 0.2) is 0 Å². The second-order valence-corrected chi connectivity index (χ2v) is 11.8. The van der Waals surface area contributed by atoms with Crippen LogP contribution in [-0.4, -0.2) is 61.8 Å². The Hall–Kier alpha value is 0.0569. The lowest BCUT2D eigenvalue weighted by Crippen LogP contribution is -2.45. The zero-order valence-corrected chi connectivity index (χ0v) is 20.5. The van der Waals surface area contributed by atoms with Crippen LogP contribution < -0.4 is 0 Å². The van der Waals surface area contributed by atoms with Crippen molar-refractivity contribution in [2.24, 2.45) is 0 Å². The van der Waals surface area contributed by atoms with Gasteiger partial charge in [-0.1, -0.05) is 71.1 Å². The van der Waals surface area contributed by atoms with E-state index in [0.717, 1.165) is 23.5 Å². The summed E-state index contributed by atoms with van der Waals surface area (Å²) < 4.78 is 17.6. The first-order valence-corrected chi connectivity index (χ1v) is 13.4. The number of quaternary nitrogens is 1. The molecule has 27 heavy (non-hydrogen) atoms. The van der Waals surface area contributed by atoms with Gasteiger partial charge in [-0.05, 0) is 12.8 Å². The van der Waals surface area contributed by atoms with E-state index in [9.17, 15) is 0 Å². The van der Waals surface area contributed by atoms with Crippen LogP contribution in [-0.2, 0) is 13.3 Å². The first kappa shape index (κ1) is 27.1. The minimum Gasteiger partial charge on any atom is -0.377 e. The van der Waals surface area contributed by atoms with Crippen LogP contribution in [0.4, 0.5) is 0 Å². The number of unbranched alkanes of at least 4 members (excludes halogenated alkanes) is 11. The minimum absolute atomic E-state index is 0.899. The lowest BCUT2D eigenvalue weighted by molar-refractivity contribution is -0.890. The molecule has 0 amide bonds. The van der Waals surface area contributed by atoms with Gasteiger partial charge in [-0.15, -0.1) is 0 Å². The molecular formula is C22H50NO3Si+. The second-order valence-electron chi connectivity index (χ2n) is 8.67. The van der Waals surface area contributed by atoms with Crippen LogP contribution in [0.25, 0.3) is 0 Å². The van der Waals surface area contributed by atoms with Gasteiger partial charge in [-0.25, -0.2) is 0 Å². The van der Waals surface area contributed by atoms with E-state index in [2.05, 4.69) is 21.0 Å². The van der Waals surface area contributed by atoms with Crippen LogP contribution in [0.3, 0.4) is 0 Å². The number of hydrogen-bond acceptors (Lipinski definition) is 3. The molecule has 0 bridgehead atoms. The predicted octanol–water partition coefficient (Wildman–Crippen LogP) is 6.03. The van der Waals surface area contributed by atoms with Crippen molar-refractivity contribution in [1.82, 2.24) is 0 Å². The van der Waals surface area contributed by atoms with Crippen molar-refractivity contribution in [3.05, 3.63) is 0 Å². The fourth-order valence-corrected chi connectivity index (χ4v) is 5.48. The van der Waals surface area contributed by atoms with E-state index in [1.54, 1.807) is 21.3 Å². The summed E-state index contributed by atoms with van der Waals surface area (Å²) in [7, 11) is 7.39. The van der Waals surface area contributed by atoms with Crippen molar-refractivity contribution in [3.8, 4) is 0 Å². The molecule has 0 spiro atoms. The van der Waals surface area contributed by atoms with Gasteiger partial charge in [-0.2, -0.15) is 0 Å². The molecule has 0 aromatic carbocycles. The second kappa shape index (κ2) is 17.0. The molecule has 0 radical (unpaired) electrons. The van der Waals surface area contributed by atoms with Crippen LogP contribution in [0.15, 0.2) is 0 Å². The Balaban J connectivity index is 3.59. The molecule has 0 fully saturated rings. The third kappa shape index (κ3) is 14.7. The highest BCUT2D eigenvalue weighted by molar-refractivity contribution is 6.60. The molecule has 0 rings (SSSR count). The topological polar surface area (TPSA) is 27.7 Å². The molecule has 0 N–H and O–H groups in total. The number of hydrogen-bond donors (Lipinski definition) is 0.